The Morgan fingerprint density at radius 2 is 2.19 bits per heavy atom. The van der Waals surface area contributed by atoms with Crippen molar-refractivity contribution in [3.8, 4) is 0 Å². The van der Waals surface area contributed by atoms with E-state index in [1.165, 1.54) is 0 Å². The molecule has 7 heteroatoms. The lowest BCUT2D eigenvalue weighted by atomic mass is 9.96. The van der Waals surface area contributed by atoms with E-state index in [4.69, 9.17) is 0 Å². The number of carbonyl (C=O) groups excluding carboxylic acids is 1. The fraction of sp³-hybridized carbons (Fsp3) is 0.368. The Bertz CT molecular complexity index is 884. The second kappa shape index (κ2) is 7.11. The average molecular weight is 350 g/mol. The third kappa shape index (κ3) is 3.37. The van der Waals surface area contributed by atoms with Gasteiger partial charge in [-0.15, -0.1) is 0 Å². The predicted molar refractivity (Wildman–Crippen MR) is 96.7 cm³/mol. The molecule has 4 rings (SSSR count). The van der Waals surface area contributed by atoms with Gasteiger partial charge in [-0.25, -0.2) is 4.98 Å². The fourth-order valence-electron chi connectivity index (χ4n) is 3.57. The van der Waals surface area contributed by atoms with Crippen molar-refractivity contribution in [2.75, 3.05) is 13.1 Å². The third-order valence-electron chi connectivity index (χ3n) is 4.83. The van der Waals surface area contributed by atoms with Gasteiger partial charge in [0.2, 0.25) is 0 Å². The first-order valence-corrected chi connectivity index (χ1v) is 8.89. The zero-order valence-electron chi connectivity index (χ0n) is 14.8. The second-order valence-corrected chi connectivity index (χ2v) is 6.74. The topological polar surface area (TPSA) is 68.8 Å². The molecule has 1 amide bonds. The summed E-state index contributed by atoms with van der Waals surface area (Å²) >= 11 is 0. The molecule has 0 aromatic carbocycles. The predicted octanol–water partition coefficient (Wildman–Crippen LogP) is 2.08. The van der Waals surface area contributed by atoms with Gasteiger partial charge in [0.05, 0.1) is 6.54 Å². The van der Waals surface area contributed by atoms with Gasteiger partial charge in [0.15, 0.2) is 0 Å². The molecule has 4 heterocycles. The van der Waals surface area contributed by atoms with Gasteiger partial charge in [-0.3, -0.25) is 14.5 Å². The molecular formula is C19H22N6O. The maximum atomic E-state index is 12.7. The number of hydrogen-bond donors (Lipinski definition) is 0. The molecule has 0 saturated carbocycles. The molecule has 0 bridgehead atoms. The molecule has 0 N–H and O–H groups in total. The summed E-state index contributed by atoms with van der Waals surface area (Å²) in [5.74, 6) is 1.27. The molecule has 0 aliphatic carbocycles. The van der Waals surface area contributed by atoms with E-state index in [0.717, 1.165) is 37.3 Å². The van der Waals surface area contributed by atoms with Gasteiger partial charge in [0.1, 0.15) is 11.5 Å². The highest BCUT2D eigenvalue weighted by Gasteiger charge is 2.28. The smallest absolute Gasteiger partial charge is 0.274 e. The summed E-state index contributed by atoms with van der Waals surface area (Å²) in [5, 5.41) is 4.24. The summed E-state index contributed by atoms with van der Waals surface area (Å²) in [6, 6.07) is 5.78. The minimum Gasteiger partial charge on any atom is -0.337 e. The molecule has 134 valence electrons. The number of piperidine rings is 1. The highest BCUT2D eigenvalue weighted by atomic mass is 16.2. The largest absolute Gasteiger partial charge is 0.337 e. The number of aryl methyl sites for hydroxylation is 1. The average Bonchev–Trinajstić information content (AvgIpc) is 3.31. The molecule has 0 radical (unpaired) electrons. The lowest BCUT2D eigenvalue weighted by Crippen LogP contribution is -2.40. The van der Waals surface area contributed by atoms with E-state index >= 15 is 0 Å². The van der Waals surface area contributed by atoms with Crippen molar-refractivity contribution in [2.45, 2.75) is 25.3 Å². The van der Waals surface area contributed by atoms with Crippen molar-refractivity contribution in [3.63, 3.8) is 0 Å². The quantitative estimate of drug-likeness (QED) is 0.722. The molecule has 1 saturated heterocycles. The SMILES string of the molecule is Cn1ccc(C(=O)N2CCCC(c3nccn3Cc3cccnc3)C2)n1. The maximum absolute atomic E-state index is 12.7. The number of likely N-dealkylation sites (tertiary alicyclic amines) is 1. The van der Waals surface area contributed by atoms with Crippen LogP contribution < -0.4 is 0 Å². The van der Waals surface area contributed by atoms with Crippen LogP contribution in [0, 0.1) is 0 Å². The maximum Gasteiger partial charge on any atom is 0.274 e. The fourth-order valence-corrected chi connectivity index (χ4v) is 3.57. The van der Waals surface area contributed by atoms with Crippen LogP contribution in [0.15, 0.2) is 49.2 Å². The number of pyridine rings is 1. The van der Waals surface area contributed by atoms with Crippen molar-refractivity contribution in [1.82, 2.24) is 29.2 Å². The van der Waals surface area contributed by atoms with Gasteiger partial charge >= 0.3 is 0 Å². The Labute approximate surface area is 152 Å². The zero-order valence-corrected chi connectivity index (χ0v) is 14.8. The first kappa shape index (κ1) is 16.5. The molecule has 0 spiro atoms. The highest BCUT2D eigenvalue weighted by Crippen LogP contribution is 2.27. The van der Waals surface area contributed by atoms with E-state index in [1.54, 1.807) is 23.1 Å². The van der Waals surface area contributed by atoms with Crippen LogP contribution in [-0.4, -0.2) is 48.2 Å². The van der Waals surface area contributed by atoms with Gasteiger partial charge in [-0.1, -0.05) is 6.07 Å². The van der Waals surface area contributed by atoms with Crippen LogP contribution in [0.2, 0.25) is 0 Å². The number of aromatic nitrogens is 5. The Morgan fingerprint density at radius 1 is 1.27 bits per heavy atom. The first-order valence-electron chi connectivity index (χ1n) is 8.89. The molecule has 1 atom stereocenters. The molecule has 1 aliphatic heterocycles. The molecule has 7 nitrogen and oxygen atoms in total. The van der Waals surface area contributed by atoms with Gasteiger partial charge < -0.3 is 9.47 Å². The van der Waals surface area contributed by atoms with Crippen LogP contribution in [0.5, 0.6) is 0 Å². The van der Waals surface area contributed by atoms with Crippen LogP contribution >= 0.6 is 0 Å². The number of nitrogens with zero attached hydrogens (tertiary/aromatic N) is 6. The monoisotopic (exact) mass is 350 g/mol. The molecule has 1 aliphatic rings. The molecule has 3 aromatic heterocycles. The minimum atomic E-state index is 0.000616. The molecule has 1 fully saturated rings. The van der Waals surface area contributed by atoms with Crippen LogP contribution in [0.25, 0.3) is 0 Å². The van der Waals surface area contributed by atoms with E-state index < -0.39 is 0 Å². The van der Waals surface area contributed by atoms with E-state index in [0.29, 0.717) is 12.2 Å². The third-order valence-corrected chi connectivity index (χ3v) is 4.83. The Balaban J connectivity index is 1.50. The number of rotatable bonds is 4. The van der Waals surface area contributed by atoms with Crippen molar-refractivity contribution in [3.05, 3.63) is 66.3 Å². The van der Waals surface area contributed by atoms with Crippen molar-refractivity contribution in [1.29, 1.82) is 0 Å². The Morgan fingerprint density at radius 3 is 2.96 bits per heavy atom. The summed E-state index contributed by atoms with van der Waals surface area (Å²) in [6.07, 6.45) is 11.3. The van der Waals surface area contributed by atoms with E-state index in [9.17, 15) is 4.79 Å². The number of carbonyl (C=O) groups is 1. The molecule has 26 heavy (non-hydrogen) atoms. The van der Waals surface area contributed by atoms with Gasteiger partial charge in [-0.05, 0) is 30.5 Å². The number of hydrogen-bond acceptors (Lipinski definition) is 4. The Kier molecular flexibility index (Phi) is 4.51. The van der Waals surface area contributed by atoms with Crippen LogP contribution in [0.1, 0.15) is 40.6 Å². The molecular weight excluding hydrogens is 328 g/mol. The van der Waals surface area contributed by atoms with Gasteiger partial charge in [0.25, 0.3) is 5.91 Å². The first-order chi connectivity index (χ1) is 12.7. The van der Waals surface area contributed by atoms with Gasteiger partial charge in [0, 0.05) is 57.0 Å². The molecule has 1 unspecified atom stereocenters. The number of amides is 1. The van der Waals surface area contributed by atoms with Crippen molar-refractivity contribution >= 4 is 5.91 Å². The normalized spacial score (nSPS) is 17.4. The summed E-state index contributed by atoms with van der Waals surface area (Å²) in [7, 11) is 1.82. The zero-order chi connectivity index (χ0) is 17.9. The van der Waals surface area contributed by atoms with Crippen LogP contribution in [0.4, 0.5) is 0 Å². The molecule has 3 aromatic rings. The summed E-state index contributed by atoms with van der Waals surface area (Å²) in [5.41, 5.74) is 1.65. The van der Waals surface area contributed by atoms with E-state index in [1.807, 2.05) is 36.6 Å². The summed E-state index contributed by atoms with van der Waals surface area (Å²) < 4.78 is 3.83. The lowest BCUT2D eigenvalue weighted by Gasteiger charge is -2.32. The van der Waals surface area contributed by atoms with Gasteiger partial charge in [-0.2, -0.15) is 5.10 Å². The summed E-state index contributed by atoms with van der Waals surface area (Å²) in [6.45, 7) is 2.20. The highest BCUT2D eigenvalue weighted by molar-refractivity contribution is 5.92. The summed E-state index contributed by atoms with van der Waals surface area (Å²) in [4.78, 5) is 23.4. The standard InChI is InChI=1S/C19H22N6O/c1-23-10-6-17(22-23)19(26)25-9-3-5-16(14-25)18-21-8-11-24(18)13-15-4-2-7-20-12-15/h2,4,6-8,10-12,16H,3,5,9,13-14H2,1H3. The van der Waals surface area contributed by atoms with Crippen molar-refractivity contribution < 1.29 is 4.79 Å². The second-order valence-electron chi connectivity index (χ2n) is 6.74. The van der Waals surface area contributed by atoms with E-state index in [2.05, 4.69) is 25.7 Å². The van der Waals surface area contributed by atoms with Crippen LogP contribution in [0.3, 0.4) is 0 Å². The van der Waals surface area contributed by atoms with Crippen LogP contribution in [-0.2, 0) is 13.6 Å². The minimum absolute atomic E-state index is 0.000616. The number of imidazole rings is 1. The Hall–Kier alpha value is -2.96. The lowest BCUT2D eigenvalue weighted by molar-refractivity contribution is 0.0696. The van der Waals surface area contributed by atoms with Crippen molar-refractivity contribution in [2.24, 2.45) is 7.05 Å². The van der Waals surface area contributed by atoms with E-state index in [-0.39, 0.29) is 11.8 Å².